The van der Waals surface area contributed by atoms with Crippen LogP contribution in [-0.2, 0) is 0 Å². The number of hydrogen-bond acceptors (Lipinski definition) is 1. The highest BCUT2D eigenvalue weighted by atomic mass is 35.5. The summed E-state index contributed by atoms with van der Waals surface area (Å²) in [5, 5.41) is 9.28. The Morgan fingerprint density at radius 2 is 2.10 bits per heavy atom. The molecule has 10 heavy (non-hydrogen) atoms. The van der Waals surface area contributed by atoms with Crippen LogP contribution in [0.4, 0.5) is 0 Å². The topological polar surface area (TPSA) is 20.2 Å². The van der Waals surface area contributed by atoms with Crippen molar-refractivity contribution in [1.82, 2.24) is 0 Å². The van der Waals surface area contributed by atoms with Gasteiger partial charge >= 0.3 is 0 Å². The van der Waals surface area contributed by atoms with Crippen molar-refractivity contribution in [3.8, 4) is 0 Å². The van der Waals surface area contributed by atoms with Crippen LogP contribution in [0.2, 0.25) is 0 Å². The minimum Gasteiger partial charge on any atom is -0.389 e. The van der Waals surface area contributed by atoms with Gasteiger partial charge in [0.2, 0.25) is 0 Å². The molecule has 0 aromatic carbocycles. The minimum atomic E-state index is -0.465. The first-order valence-electron chi connectivity index (χ1n) is 3.35. The molecule has 1 unspecified atom stereocenters. The molecule has 0 aromatic heterocycles. The number of hydrogen-bond donors (Lipinski definition) is 1. The Morgan fingerprint density at radius 1 is 1.70 bits per heavy atom. The Kier molecular flexibility index (Phi) is 3.40. The lowest BCUT2D eigenvalue weighted by Crippen LogP contribution is -2.21. The van der Waals surface area contributed by atoms with Crippen LogP contribution < -0.4 is 0 Å². The van der Waals surface area contributed by atoms with Gasteiger partial charge in [-0.2, -0.15) is 0 Å². The standard InChI is InChI=1S/C8H15ClO/c1-6(2)7(10)5-8(3,4)9/h7,10H,1,5H2,2-4H3. The van der Waals surface area contributed by atoms with Crippen LogP contribution >= 0.6 is 11.6 Å². The molecule has 1 nitrogen and oxygen atoms in total. The van der Waals surface area contributed by atoms with Crippen LogP contribution in [0.3, 0.4) is 0 Å². The van der Waals surface area contributed by atoms with Crippen LogP contribution in [0.15, 0.2) is 12.2 Å². The summed E-state index contributed by atoms with van der Waals surface area (Å²) in [7, 11) is 0. The van der Waals surface area contributed by atoms with Crippen molar-refractivity contribution in [3.05, 3.63) is 12.2 Å². The maximum Gasteiger partial charge on any atom is 0.0761 e. The summed E-state index contributed by atoms with van der Waals surface area (Å²) in [5.74, 6) is 0. The number of aliphatic hydroxyl groups is 1. The van der Waals surface area contributed by atoms with Crippen molar-refractivity contribution in [1.29, 1.82) is 0 Å². The number of alkyl halides is 1. The molecular weight excluding hydrogens is 148 g/mol. The summed E-state index contributed by atoms with van der Waals surface area (Å²) in [5.41, 5.74) is 0.772. The third-order valence-electron chi connectivity index (χ3n) is 1.25. The van der Waals surface area contributed by atoms with Crippen molar-refractivity contribution >= 4 is 11.6 Å². The Balaban J connectivity index is 3.80. The van der Waals surface area contributed by atoms with Crippen LogP contribution in [0.25, 0.3) is 0 Å². The summed E-state index contributed by atoms with van der Waals surface area (Å²) in [6.07, 6.45) is 0.0941. The molecule has 0 saturated carbocycles. The van der Waals surface area contributed by atoms with Gasteiger partial charge in [-0.15, -0.1) is 11.6 Å². The van der Waals surface area contributed by atoms with Crippen molar-refractivity contribution in [3.63, 3.8) is 0 Å². The van der Waals surface area contributed by atoms with Gasteiger partial charge in [-0.1, -0.05) is 12.2 Å². The van der Waals surface area contributed by atoms with Gasteiger partial charge in [0, 0.05) is 4.87 Å². The van der Waals surface area contributed by atoms with E-state index in [0.29, 0.717) is 6.42 Å². The molecule has 0 spiro atoms. The van der Waals surface area contributed by atoms with Gasteiger partial charge in [0.25, 0.3) is 0 Å². The molecule has 0 radical (unpaired) electrons. The van der Waals surface area contributed by atoms with Gasteiger partial charge in [-0.05, 0) is 27.2 Å². The second-order valence-electron chi connectivity index (χ2n) is 3.28. The van der Waals surface area contributed by atoms with Gasteiger partial charge in [-0.25, -0.2) is 0 Å². The molecule has 0 bridgehead atoms. The van der Waals surface area contributed by atoms with E-state index in [2.05, 4.69) is 6.58 Å². The Hall–Kier alpha value is -0.0100. The van der Waals surface area contributed by atoms with Gasteiger partial charge in [0.05, 0.1) is 6.10 Å². The molecule has 0 saturated heterocycles. The van der Waals surface area contributed by atoms with Gasteiger partial charge in [-0.3, -0.25) is 0 Å². The predicted octanol–water partition coefficient (Wildman–Crippen LogP) is 2.33. The number of aliphatic hydroxyl groups excluding tert-OH is 1. The van der Waals surface area contributed by atoms with E-state index >= 15 is 0 Å². The fourth-order valence-electron chi connectivity index (χ4n) is 0.634. The minimum absolute atomic E-state index is 0.335. The normalized spacial score (nSPS) is 14.9. The molecule has 2 heteroatoms. The van der Waals surface area contributed by atoms with Crippen LogP contribution in [0, 0.1) is 0 Å². The maximum absolute atomic E-state index is 9.28. The zero-order valence-electron chi connectivity index (χ0n) is 6.82. The average Bonchev–Trinajstić information content (AvgIpc) is 1.60. The van der Waals surface area contributed by atoms with E-state index in [1.165, 1.54) is 0 Å². The van der Waals surface area contributed by atoms with E-state index in [9.17, 15) is 5.11 Å². The molecule has 0 aliphatic carbocycles. The molecule has 0 aromatic rings. The monoisotopic (exact) mass is 162 g/mol. The summed E-state index contributed by atoms with van der Waals surface area (Å²) in [6, 6.07) is 0. The fraction of sp³-hybridized carbons (Fsp3) is 0.750. The second-order valence-corrected chi connectivity index (χ2v) is 4.31. The lowest BCUT2D eigenvalue weighted by Gasteiger charge is -2.19. The van der Waals surface area contributed by atoms with Gasteiger partial charge in [0.1, 0.15) is 0 Å². The first-order chi connectivity index (χ1) is 4.33. The summed E-state index contributed by atoms with van der Waals surface area (Å²) >= 11 is 5.87. The van der Waals surface area contributed by atoms with Crippen LogP contribution in [0.1, 0.15) is 27.2 Å². The van der Waals surface area contributed by atoms with Gasteiger partial charge in [0.15, 0.2) is 0 Å². The van der Waals surface area contributed by atoms with E-state index in [1.807, 2.05) is 13.8 Å². The number of rotatable bonds is 3. The molecule has 0 rings (SSSR count). The molecule has 0 aliphatic heterocycles. The van der Waals surface area contributed by atoms with Crippen molar-refractivity contribution in [2.45, 2.75) is 38.2 Å². The van der Waals surface area contributed by atoms with Crippen molar-refractivity contribution < 1.29 is 5.11 Å². The number of halogens is 1. The highest BCUT2D eigenvalue weighted by molar-refractivity contribution is 6.23. The zero-order valence-corrected chi connectivity index (χ0v) is 7.57. The van der Waals surface area contributed by atoms with Crippen LogP contribution in [-0.4, -0.2) is 16.1 Å². The average molecular weight is 163 g/mol. The Bertz CT molecular complexity index is 124. The first kappa shape index (κ1) is 9.99. The Labute approximate surface area is 67.7 Å². The zero-order chi connectivity index (χ0) is 8.36. The highest BCUT2D eigenvalue weighted by Crippen LogP contribution is 2.21. The molecule has 0 fully saturated rings. The van der Waals surface area contributed by atoms with E-state index in [-0.39, 0.29) is 4.87 Å². The molecule has 0 heterocycles. The van der Waals surface area contributed by atoms with E-state index in [4.69, 9.17) is 11.6 Å². The molecule has 1 atom stereocenters. The van der Waals surface area contributed by atoms with E-state index in [0.717, 1.165) is 5.57 Å². The quantitative estimate of drug-likeness (QED) is 0.499. The SMILES string of the molecule is C=C(C)C(O)CC(C)(C)Cl. The van der Waals surface area contributed by atoms with E-state index in [1.54, 1.807) is 6.92 Å². The first-order valence-corrected chi connectivity index (χ1v) is 3.73. The lowest BCUT2D eigenvalue weighted by molar-refractivity contribution is 0.189. The molecule has 1 N–H and O–H groups in total. The van der Waals surface area contributed by atoms with Crippen LogP contribution in [0.5, 0.6) is 0 Å². The molecule has 0 aliphatic rings. The fourth-order valence-corrected chi connectivity index (χ4v) is 0.780. The van der Waals surface area contributed by atoms with E-state index < -0.39 is 6.10 Å². The highest BCUT2D eigenvalue weighted by Gasteiger charge is 2.18. The third-order valence-corrected chi connectivity index (χ3v) is 1.40. The largest absolute Gasteiger partial charge is 0.389 e. The summed E-state index contributed by atoms with van der Waals surface area (Å²) in [4.78, 5) is -0.335. The summed E-state index contributed by atoms with van der Waals surface area (Å²) < 4.78 is 0. The maximum atomic E-state index is 9.28. The van der Waals surface area contributed by atoms with Crippen molar-refractivity contribution in [2.75, 3.05) is 0 Å². The summed E-state index contributed by atoms with van der Waals surface area (Å²) in [6.45, 7) is 9.18. The Morgan fingerprint density at radius 3 is 2.20 bits per heavy atom. The molecule has 60 valence electrons. The van der Waals surface area contributed by atoms with Gasteiger partial charge < -0.3 is 5.11 Å². The smallest absolute Gasteiger partial charge is 0.0761 e. The second kappa shape index (κ2) is 3.40. The van der Waals surface area contributed by atoms with Crippen molar-refractivity contribution in [2.24, 2.45) is 0 Å². The lowest BCUT2D eigenvalue weighted by atomic mass is 10.0. The molecular formula is C8H15ClO. The molecule has 0 amide bonds. The predicted molar refractivity (Wildman–Crippen MR) is 45.4 cm³/mol. The third kappa shape index (κ3) is 4.83.